The van der Waals surface area contributed by atoms with Gasteiger partial charge in [-0.05, 0) is 50.1 Å². The molecular weight excluding hydrogens is 503 g/mol. The zero-order valence-electron chi connectivity index (χ0n) is 20.3. The van der Waals surface area contributed by atoms with Crippen molar-refractivity contribution in [3.8, 4) is 22.9 Å². The van der Waals surface area contributed by atoms with Crippen LogP contribution in [0, 0.1) is 6.92 Å². The Balaban J connectivity index is 1.82. The number of halogens is 5. The van der Waals surface area contributed by atoms with E-state index in [1.165, 1.54) is 28.6 Å². The Labute approximate surface area is 208 Å². The molecule has 37 heavy (non-hydrogen) atoms. The van der Waals surface area contributed by atoms with Crippen molar-refractivity contribution < 1.29 is 41.0 Å². The number of alkyl halides is 5. The van der Waals surface area contributed by atoms with Gasteiger partial charge in [-0.25, -0.2) is 9.67 Å². The third kappa shape index (κ3) is 5.60. The third-order valence-corrected chi connectivity index (χ3v) is 6.05. The highest BCUT2D eigenvalue weighted by Gasteiger charge is 2.33. The predicted octanol–water partition coefficient (Wildman–Crippen LogP) is 5.19. The molecule has 1 aliphatic heterocycles. The minimum Gasteiger partial charge on any atom is -0.467 e. The number of rotatable bonds is 8. The van der Waals surface area contributed by atoms with E-state index in [9.17, 15) is 26.7 Å². The molecule has 8 nitrogen and oxygen atoms in total. The highest BCUT2D eigenvalue weighted by molar-refractivity contribution is 5.85. The molecule has 13 heteroatoms. The Morgan fingerprint density at radius 2 is 1.97 bits per heavy atom. The standard InChI is InChI=1S/C24H25F5N4O4/c1-4-35-12-36-18-10-14(24(27,28)29)9-13(2)20(18)17-7-6-16-21(30-17)31-33(22(16)37-23(25)26)15-5-8-19(34)32(3)11-15/h6-7,9-10,15,23H,4-5,8,11-12H2,1-3H3/t15-/m1/s1. The van der Waals surface area contributed by atoms with Crippen LogP contribution in [0.5, 0.6) is 11.6 Å². The first-order valence-electron chi connectivity index (χ1n) is 11.5. The van der Waals surface area contributed by atoms with Gasteiger partial charge in [-0.2, -0.15) is 22.0 Å². The zero-order valence-corrected chi connectivity index (χ0v) is 20.3. The van der Waals surface area contributed by atoms with E-state index < -0.39 is 24.4 Å². The summed E-state index contributed by atoms with van der Waals surface area (Å²) in [6.45, 7) is 0.338. The van der Waals surface area contributed by atoms with Crippen molar-refractivity contribution in [2.45, 2.75) is 45.5 Å². The SMILES string of the molecule is CCOCOc1cc(C(F)(F)F)cc(C)c1-c1ccc2c(OC(F)F)n([C@@H]3CCC(=O)N(C)C3)nc2n1. The molecule has 0 unspecified atom stereocenters. The minimum atomic E-state index is -4.60. The maximum atomic E-state index is 13.4. The van der Waals surface area contributed by atoms with Crippen LogP contribution < -0.4 is 9.47 Å². The molecule has 1 atom stereocenters. The molecule has 0 aliphatic carbocycles. The lowest BCUT2D eigenvalue weighted by atomic mass is 10.00. The Hall–Kier alpha value is -3.48. The lowest BCUT2D eigenvalue weighted by Gasteiger charge is -2.30. The number of aryl methyl sites for hydroxylation is 1. The number of carbonyl (C=O) groups excluding carboxylic acids is 1. The van der Waals surface area contributed by atoms with Crippen molar-refractivity contribution in [1.82, 2.24) is 19.7 Å². The average molecular weight is 528 g/mol. The summed E-state index contributed by atoms with van der Waals surface area (Å²) >= 11 is 0. The number of carbonyl (C=O) groups is 1. The molecule has 1 amide bonds. The summed E-state index contributed by atoms with van der Waals surface area (Å²) in [5, 5.41) is 4.59. The Morgan fingerprint density at radius 3 is 2.62 bits per heavy atom. The predicted molar refractivity (Wildman–Crippen MR) is 122 cm³/mol. The largest absolute Gasteiger partial charge is 0.467 e. The number of fused-ring (bicyclic) bond motifs is 1. The van der Waals surface area contributed by atoms with Crippen LogP contribution in [0.1, 0.15) is 36.9 Å². The summed E-state index contributed by atoms with van der Waals surface area (Å²) in [5.41, 5.74) is -0.0843. The van der Waals surface area contributed by atoms with Crippen LogP contribution in [0.2, 0.25) is 0 Å². The van der Waals surface area contributed by atoms with Gasteiger partial charge in [-0.1, -0.05) is 0 Å². The summed E-state index contributed by atoms with van der Waals surface area (Å²) in [4.78, 5) is 17.8. The van der Waals surface area contributed by atoms with Gasteiger partial charge in [0.15, 0.2) is 12.4 Å². The number of likely N-dealkylation sites (tertiary alicyclic amines) is 1. The molecule has 0 spiro atoms. The van der Waals surface area contributed by atoms with Crippen molar-refractivity contribution in [3.63, 3.8) is 0 Å². The quantitative estimate of drug-likeness (QED) is 0.227. The lowest BCUT2D eigenvalue weighted by Crippen LogP contribution is -2.38. The first-order valence-corrected chi connectivity index (χ1v) is 11.5. The van der Waals surface area contributed by atoms with Crippen LogP contribution in [0.3, 0.4) is 0 Å². The second kappa shape index (κ2) is 10.5. The van der Waals surface area contributed by atoms with Crippen LogP contribution in [0.15, 0.2) is 24.3 Å². The van der Waals surface area contributed by atoms with Crippen molar-refractivity contribution in [2.24, 2.45) is 0 Å². The van der Waals surface area contributed by atoms with E-state index in [1.807, 2.05) is 0 Å². The maximum Gasteiger partial charge on any atom is 0.416 e. The highest BCUT2D eigenvalue weighted by Crippen LogP contribution is 2.40. The van der Waals surface area contributed by atoms with Gasteiger partial charge in [0.25, 0.3) is 0 Å². The Morgan fingerprint density at radius 1 is 1.22 bits per heavy atom. The second-order valence-corrected chi connectivity index (χ2v) is 8.58. The molecule has 1 aromatic carbocycles. The van der Waals surface area contributed by atoms with Crippen LogP contribution >= 0.6 is 0 Å². The number of piperidine rings is 1. The molecule has 200 valence electrons. The number of benzene rings is 1. The van der Waals surface area contributed by atoms with Gasteiger partial charge < -0.3 is 19.1 Å². The van der Waals surface area contributed by atoms with E-state index in [-0.39, 0.29) is 65.1 Å². The van der Waals surface area contributed by atoms with Gasteiger partial charge in [0.2, 0.25) is 11.8 Å². The molecule has 1 aliphatic rings. The van der Waals surface area contributed by atoms with Crippen molar-refractivity contribution in [3.05, 3.63) is 35.4 Å². The number of hydrogen-bond donors (Lipinski definition) is 0. The molecular formula is C24H25F5N4O4. The number of ether oxygens (including phenoxy) is 3. The fourth-order valence-corrected chi connectivity index (χ4v) is 4.29. The first kappa shape index (κ1) is 26.6. The van der Waals surface area contributed by atoms with Gasteiger partial charge in [0, 0.05) is 32.2 Å². The van der Waals surface area contributed by atoms with E-state index in [0.29, 0.717) is 13.0 Å². The van der Waals surface area contributed by atoms with E-state index >= 15 is 0 Å². The zero-order chi connectivity index (χ0) is 26.9. The summed E-state index contributed by atoms with van der Waals surface area (Å²) in [5.74, 6) is -0.362. The topological polar surface area (TPSA) is 78.7 Å². The molecule has 0 bridgehead atoms. The van der Waals surface area contributed by atoms with E-state index in [0.717, 1.165) is 12.1 Å². The molecule has 0 radical (unpaired) electrons. The van der Waals surface area contributed by atoms with Crippen LogP contribution in [-0.2, 0) is 15.7 Å². The molecule has 2 aromatic heterocycles. The molecule has 1 saturated heterocycles. The molecule has 0 N–H and O–H groups in total. The van der Waals surface area contributed by atoms with Gasteiger partial charge >= 0.3 is 12.8 Å². The van der Waals surface area contributed by atoms with Gasteiger partial charge in [-0.15, -0.1) is 5.10 Å². The number of aromatic nitrogens is 3. The summed E-state index contributed by atoms with van der Waals surface area (Å²) < 4.78 is 83.6. The lowest BCUT2D eigenvalue weighted by molar-refractivity contribution is -0.137. The second-order valence-electron chi connectivity index (χ2n) is 8.58. The highest BCUT2D eigenvalue weighted by atomic mass is 19.4. The fourth-order valence-electron chi connectivity index (χ4n) is 4.29. The number of amides is 1. The van der Waals surface area contributed by atoms with Gasteiger partial charge in [-0.3, -0.25) is 4.79 Å². The number of pyridine rings is 1. The Bertz CT molecular complexity index is 1290. The first-order chi connectivity index (χ1) is 17.5. The minimum absolute atomic E-state index is 0.0581. The maximum absolute atomic E-state index is 13.4. The normalized spacial score (nSPS) is 16.6. The summed E-state index contributed by atoms with van der Waals surface area (Å²) in [6, 6.07) is 4.37. The van der Waals surface area contributed by atoms with Crippen molar-refractivity contribution >= 4 is 16.9 Å². The fraction of sp³-hybridized carbons (Fsp3) is 0.458. The van der Waals surface area contributed by atoms with Crippen molar-refractivity contribution in [2.75, 3.05) is 27.0 Å². The monoisotopic (exact) mass is 528 g/mol. The third-order valence-electron chi connectivity index (χ3n) is 6.05. The molecule has 3 heterocycles. The van der Waals surface area contributed by atoms with Crippen LogP contribution in [-0.4, -0.2) is 59.2 Å². The average Bonchev–Trinajstić information content (AvgIpc) is 3.17. The van der Waals surface area contributed by atoms with E-state index in [1.54, 1.807) is 14.0 Å². The van der Waals surface area contributed by atoms with Gasteiger partial charge in [0.05, 0.1) is 22.7 Å². The number of hydrogen-bond acceptors (Lipinski definition) is 6. The summed E-state index contributed by atoms with van der Waals surface area (Å²) in [6.07, 6.45) is -4.01. The smallest absolute Gasteiger partial charge is 0.416 e. The van der Waals surface area contributed by atoms with Crippen LogP contribution in [0.4, 0.5) is 22.0 Å². The van der Waals surface area contributed by atoms with E-state index in [4.69, 9.17) is 14.2 Å². The Kier molecular flexibility index (Phi) is 7.53. The van der Waals surface area contributed by atoms with E-state index in [2.05, 4.69) is 10.1 Å². The molecule has 0 saturated carbocycles. The molecule has 3 aromatic rings. The number of likely N-dealkylation sites (N-methyl/N-ethyl adjacent to an activating group) is 1. The van der Waals surface area contributed by atoms with Crippen LogP contribution in [0.25, 0.3) is 22.3 Å². The molecule has 1 fully saturated rings. The van der Waals surface area contributed by atoms with Gasteiger partial charge in [0.1, 0.15) is 5.75 Å². The number of nitrogens with zero attached hydrogens (tertiary/aromatic N) is 4. The summed E-state index contributed by atoms with van der Waals surface area (Å²) in [7, 11) is 1.61. The van der Waals surface area contributed by atoms with Crippen molar-refractivity contribution in [1.29, 1.82) is 0 Å². The molecule has 4 rings (SSSR count).